The van der Waals surface area contributed by atoms with Crippen LogP contribution in [0.15, 0.2) is 53.6 Å². The Morgan fingerprint density at radius 3 is 2.62 bits per heavy atom. The average Bonchev–Trinajstić information content (AvgIpc) is 2.65. The fraction of sp³-hybridized carbons (Fsp3) is 0.333. The number of unbranched alkanes of at least 4 members (excludes halogenated alkanes) is 4. The zero-order valence-electron chi connectivity index (χ0n) is 15.1. The first-order chi connectivity index (χ1) is 12.7. The zero-order chi connectivity index (χ0) is 18.6. The van der Waals surface area contributed by atoms with Gasteiger partial charge in [-0.25, -0.2) is 5.43 Å². The predicted molar refractivity (Wildman–Crippen MR) is 107 cm³/mol. The monoisotopic (exact) mass is 372 g/mol. The van der Waals surface area contributed by atoms with Gasteiger partial charge in [-0.15, -0.1) is 0 Å². The van der Waals surface area contributed by atoms with E-state index in [0.717, 1.165) is 24.3 Å². The third-order valence-electron chi connectivity index (χ3n) is 3.86. The highest BCUT2D eigenvalue weighted by Gasteiger charge is 2.03. The summed E-state index contributed by atoms with van der Waals surface area (Å²) >= 11 is 5.87. The second-order valence-corrected chi connectivity index (χ2v) is 6.48. The van der Waals surface area contributed by atoms with Gasteiger partial charge in [0, 0.05) is 10.6 Å². The van der Waals surface area contributed by atoms with Crippen LogP contribution in [0.25, 0.3) is 0 Å². The Morgan fingerprint density at radius 2 is 1.88 bits per heavy atom. The maximum Gasteiger partial charge on any atom is 0.271 e. The highest BCUT2D eigenvalue weighted by atomic mass is 35.5. The minimum atomic E-state index is -0.299. The minimum absolute atomic E-state index is 0.299. The number of halogens is 1. The van der Waals surface area contributed by atoms with Crippen molar-refractivity contribution in [2.24, 2.45) is 5.10 Å². The Balaban J connectivity index is 1.74. The number of hydrazone groups is 1. The summed E-state index contributed by atoms with van der Waals surface area (Å²) in [5.41, 5.74) is 3.84. The summed E-state index contributed by atoms with van der Waals surface area (Å²) in [7, 11) is 0. The first kappa shape index (κ1) is 20.0. The first-order valence-corrected chi connectivity index (χ1v) is 9.38. The summed E-state index contributed by atoms with van der Waals surface area (Å²) in [5.74, 6) is 0.549. The number of hydrogen-bond donors (Lipinski definition) is 1. The highest BCUT2D eigenvalue weighted by Crippen LogP contribution is 2.13. The summed E-state index contributed by atoms with van der Waals surface area (Å²) in [6.45, 7) is 2.96. The van der Waals surface area contributed by atoms with Gasteiger partial charge in [0.1, 0.15) is 5.75 Å². The molecule has 0 fully saturated rings. The van der Waals surface area contributed by atoms with Gasteiger partial charge in [-0.3, -0.25) is 4.79 Å². The van der Waals surface area contributed by atoms with Crippen LogP contribution < -0.4 is 10.2 Å². The zero-order valence-corrected chi connectivity index (χ0v) is 15.8. The molecule has 0 unspecified atom stereocenters. The van der Waals surface area contributed by atoms with Crippen molar-refractivity contribution < 1.29 is 9.53 Å². The third kappa shape index (κ3) is 7.28. The molecule has 1 amide bonds. The number of nitrogens with zero attached hydrogens (tertiary/aromatic N) is 1. The molecule has 1 N–H and O–H groups in total. The van der Waals surface area contributed by atoms with Crippen LogP contribution in [-0.4, -0.2) is 18.7 Å². The maximum absolute atomic E-state index is 12.0. The number of carbonyl (C=O) groups excluding carboxylic acids is 1. The molecule has 0 atom stereocenters. The van der Waals surface area contributed by atoms with Crippen molar-refractivity contribution in [2.45, 2.75) is 39.0 Å². The molecule has 0 aliphatic carbocycles. The molecule has 26 heavy (non-hydrogen) atoms. The molecule has 0 spiro atoms. The quantitative estimate of drug-likeness (QED) is 0.342. The van der Waals surface area contributed by atoms with Crippen LogP contribution in [0.2, 0.25) is 5.02 Å². The molecule has 0 saturated carbocycles. The Hall–Kier alpha value is -2.33. The highest BCUT2D eigenvalue weighted by molar-refractivity contribution is 6.30. The van der Waals surface area contributed by atoms with Gasteiger partial charge in [0.2, 0.25) is 0 Å². The minimum Gasteiger partial charge on any atom is -0.494 e. The van der Waals surface area contributed by atoms with Crippen molar-refractivity contribution in [1.82, 2.24) is 5.43 Å². The molecular formula is C21H25ClN2O2. The molecule has 0 saturated heterocycles. The maximum atomic E-state index is 12.0. The van der Waals surface area contributed by atoms with Crippen LogP contribution in [0.1, 0.15) is 54.9 Å². The summed E-state index contributed by atoms with van der Waals surface area (Å²) in [5, 5.41) is 4.49. The molecule has 0 heterocycles. The molecule has 5 heteroatoms. The largest absolute Gasteiger partial charge is 0.494 e. The summed E-state index contributed by atoms with van der Waals surface area (Å²) in [6.07, 6.45) is 7.71. The van der Waals surface area contributed by atoms with Crippen LogP contribution in [0.3, 0.4) is 0 Å². The van der Waals surface area contributed by atoms with Gasteiger partial charge in [-0.2, -0.15) is 5.10 Å². The second kappa shape index (κ2) is 11.3. The standard InChI is InChI=1S/C21H25ClN2O2/c1-2-3-4-5-6-14-26-20-12-10-17(11-13-20)16-23-24-21(25)18-8-7-9-19(22)15-18/h7-13,15-16H,2-6,14H2,1H3,(H,24,25)/b23-16-. The van der Waals surface area contributed by atoms with E-state index in [1.807, 2.05) is 24.3 Å². The predicted octanol–water partition coefficient (Wildman–Crippen LogP) is 5.45. The molecule has 0 aromatic heterocycles. The van der Waals surface area contributed by atoms with Crippen molar-refractivity contribution in [2.75, 3.05) is 6.61 Å². The molecule has 138 valence electrons. The van der Waals surface area contributed by atoms with E-state index in [4.69, 9.17) is 16.3 Å². The van der Waals surface area contributed by atoms with E-state index in [1.165, 1.54) is 25.7 Å². The molecule has 2 aromatic carbocycles. The molecule has 0 aliphatic heterocycles. The third-order valence-corrected chi connectivity index (χ3v) is 4.10. The lowest BCUT2D eigenvalue weighted by Gasteiger charge is -2.06. The number of hydrogen-bond acceptors (Lipinski definition) is 3. The van der Waals surface area contributed by atoms with Gasteiger partial charge >= 0.3 is 0 Å². The number of nitrogens with one attached hydrogen (secondary N) is 1. The van der Waals surface area contributed by atoms with Gasteiger partial charge in [0.05, 0.1) is 12.8 Å². The van der Waals surface area contributed by atoms with Gasteiger partial charge in [-0.1, -0.05) is 50.3 Å². The number of carbonyl (C=O) groups is 1. The topological polar surface area (TPSA) is 50.7 Å². The van der Waals surface area contributed by atoms with E-state index < -0.39 is 0 Å². The van der Waals surface area contributed by atoms with E-state index >= 15 is 0 Å². The Labute approximate surface area is 160 Å². The lowest BCUT2D eigenvalue weighted by Crippen LogP contribution is -2.17. The van der Waals surface area contributed by atoms with Crippen molar-refractivity contribution in [3.8, 4) is 5.75 Å². The van der Waals surface area contributed by atoms with Crippen molar-refractivity contribution >= 4 is 23.7 Å². The van der Waals surface area contributed by atoms with Gasteiger partial charge in [0.25, 0.3) is 5.91 Å². The van der Waals surface area contributed by atoms with E-state index in [2.05, 4.69) is 17.5 Å². The molecule has 4 nitrogen and oxygen atoms in total. The smallest absolute Gasteiger partial charge is 0.271 e. The summed E-state index contributed by atoms with van der Waals surface area (Å²) in [4.78, 5) is 12.0. The van der Waals surface area contributed by atoms with E-state index in [1.54, 1.807) is 30.5 Å². The van der Waals surface area contributed by atoms with Crippen LogP contribution in [-0.2, 0) is 0 Å². The first-order valence-electron chi connectivity index (χ1n) is 9.01. The number of ether oxygens (including phenoxy) is 1. The Kier molecular flexibility index (Phi) is 8.70. The number of benzene rings is 2. The van der Waals surface area contributed by atoms with Crippen LogP contribution >= 0.6 is 11.6 Å². The summed E-state index contributed by atoms with van der Waals surface area (Å²) < 4.78 is 5.73. The molecule has 2 aromatic rings. The van der Waals surface area contributed by atoms with E-state index in [0.29, 0.717) is 10.6 Å². The Bertz CT molecular complexity index is 714. The Morgan fingerprint density at radius 1 is 1.12 bits per heavy atom. The van der Waals surface area contributed by atoms with Crippen LogP contribution in [0, 0.1) is 0 Å². The lowest BCUT2D eigenvalue weighted by molar-refractivity contribution is 0.0955. The van der Waals surface area contributed by atoms with Gasteiger partial charge in [0.15, 0.2) is 0 Å². The van der Waals surface area contributed by atoms with Crippen molar-refractivity contribution in [1.29, 1.82) is 0 Å². The molecular weight excluding hydrogens is 348 g/mol. The van der Waals surface area contributed by atoms with Crippen molar-refractivity contribution in [3.63, 3.8) is 0 Å². The fourth-order valence-corrected chi connectivity index (χ4v) is 2.60. The van der Waals surface area contributed by atoms with Crippen molar-refractivity contribution in [3.05, 3.63) is 64.7 Å². The fourth-order valence-electron chi connectivity index (χ4n) is 2.41. The number of amides is 1. The van der Waals surface area contributed by atoms with Crippen LogP contribution in [0.4, 0.5) is 0 Å². The molecule has 0 bridgehead atoms. The van der Waals surface area contributed by atoms with Gasteiger partial charge in [-0.05, 0) is 54.4 Å². The second-order valence-electron chi connectivity index (χ2n) is 6.04. The average molecular weight is 373 g/mol. The molecule has 0 radical (unpaired) electrons. The van der Waals surface area contributed by atoms with E-state index in [-0.39, 0.29) is 5.91 Å². The summed E-state index contributed by atoms with van der Waals surface area (Å²) in [6, 6.07) is 14.4. The van der Waals surface area contributed by atoms with Crippen LogP contribution in [0.5, 0.6) is 5.75 Å². The number of rotatable bonds is 10. The SMILES string of the molecule is CCCCCCCOc1ccc(/C=N\NC(=O)c2cccc(Cl)c2)cc1. The van der Waals surface area contributed by atoms with E-state index in [9.17, 15) is 4.79 Å². The molecule has 0 aliphatic rings. The molecule has 2 rings (SSSR count). The lowest BCUT2D eigenvalue weighted by atomic mass is 10.2. The normalized spacial score (nSPS) is 10.8. The van der Waals surface area contributed by atoms with Gasteiger partial charge < -0.3 is 4.74 Å².